The third-order valence-corrected chi connectivity index (χ3v) is 8.02. The average molecular weight is 635 g/mol. The van der Waals surface area contributed by atoms with Crippen LogP contribution < -0.4 is 14.9 Å². The smallest absolute Gasteiger partial charge is 0.326 e. The molecule has 0 fully saturated rings. The summed E-state index contributed by atoms with van der Waals surface area (Å²) < 4.78 is 8.77. The molecule has 0 aliphatic rings. The second-order valence-corrected chi connectivity index (χ2v) is 11.5. The third-order valence-electron chi connectivity index (χ3n) is 8.02. The maximum Gasteiger partial charge on any atom is 0.326 e. The van der Waals surface area contributed by atoms with E-state index in [9.17, 15) is 20.1 Å². The highest BCUT2D eigenvalue weighted by molar-refractivity contribution is 5.64. The number of aliphatic hydroxyl groups is 2. The Kier molecular flexibility index (Phi) is 10.6. The first-order valence-electron chi connectivity index (χ1n) is 15.4. The highest BCUT2D eigenvalue weighted by Gasteiger charge is 2.27. The van der Waals surface area contributed by atoms with Crippen LogP contribution in [0.2, 0.25) is 0 Å². The molecule has 3 aromatic carbocycles. The van der Waals surface area contributed by atoms with E-state index in [-0.39, 0.29) is 35.1 Å². The fourth-order valence-electron chi connectivity index (χ4n) is 5.54. The van der Waals surface area contributed by atoms with Crippen molar-refractivity contribution in [3.63, 3.8) is 0 Å². The van der Waals surface area contributed by atoms with Crippen LogP contribution in [0.3, 0.4) is 0 Å². The number of hydrogen-bond acceptors (Lipinski definition) is 8. The number of azo groups is 1. The number of aliphatic hydroxyl groups excluding tert-OH is 2. The van der Waals surface area contributed by atoms with Crippen LogP contribution in [0.15, 0.2) is 118 Å². The third kappa shape index (κ3) is 7.30. The lowest BCUT2D eigenvalue weighted by Crippen LogP contribution is -2.40. The number of hydrogen-bond donors (Lipinski definition) is 3. The molecule has 0 radical (unpaired) electrons. The lowest BCUT2D eigenvalue weighted by Gasteiger charge is -2.20. The first-order chi connectivity index (χ1) is 22.7. The van der Waals surface area contributed by atoms with Crippen molar-refractivity contribution in [2.45, 2.75) is 32.1 Å². The van der Waals surface area contributed by atoms with Crippen LogP contribution in [0.4, 0.5) is 11.4 Å². The SMILES string of the molecule is COc1cc(C(O)c2ccccc2)cc(C(O)c2ccccc2)c1N=Nc1c(C)c(-[n+]2ccccc2)c(=O)n(CCCN(C)C)c1O. The van der Waals surface area contributed by atoms with Gasteiger partial charge in [-0.2, -0.15) is 4.57 Å². The van der Waals surface area contributed by atoms with Gasteiger partial charge in [-0.1, -0.05) is 66.7 Å². The monoisotopic (exact) mass is 634 g/mol. The molecule has 0 bridgehead atoms. The van der Waals surface area contributed by atoms with E-state index in [0.29, 0.717) is 46.5 Å². The molecular weight excluding hydrogens is 594 g/mol. The maximum absolute atomic E-state index is 13.8. The summed E-state index contributed by atoms with van der Waals surface area (Å²) in [4.78, 5) is 15.8. The van der Waals surface area contributed by atoms with E-state index in [4.69, 9.17) is 4.74 Å². The van der Waals surface area contributed by atoms with Crippen LogP contribution in [0.25, 0.3) is 5.69 Å². The van der Waals surface area contributed by atoms with Gasteiger partial charge in [0.1, 0.15) is 23.6 Å². The molecule has 0 saturated heterocycles. The van der Waals surface area contributed by atoms with Crippen molar-refractivity contribution in [1.82, 2.24) is 9.47 Å². The molecule has 3 N–H and O–H groups in total. The van der Waals surface area contributed by atoms with E-state index in [1.54, 1.807) is 48.1 Å². The van der Waals surface area contributed by atoms with Crippen molar-refractivity contribution in [2.75, 3.05) is 27.7 Å². The summed E-state index contributed by atoms with van der Waals surface area (Å²) in [5.74, 6) is -0.0455. The maximum atomic E-state index is 13.8. The zero-order chi connectivity index (χ0) is 33.5. The number of ether oxygens (including phenoxy) is 1. The Hall–Kier alpha value is -5.16. The van der Waals surface area contributed by atoms with Gasteiger partial charge in [-0.3, -0.25) is 9.36 Å². The van der Waals surface area contributed by atoms with Crippen LogP contribution in [0.5, 0.6) is 11.6 Å². The standard InChI is InChI=1S/C37H39N5O5/c1-25-31(36(45)42(22-14-19-40(2)3)37(46)33(25)41-20-12-7-13-21-41)38-39-32-29(35(44)27-17-10-6-11-18-27)23-28(24-30(32)47-4)34(43)26-15-8-5-9-16-26/h5-13,15-18,20-21,23-24,34-35,43-44H,14,19,22H2,1-4H3/p+1. The molecule has 2 unspecified atom stereocenters. The summed E-state index contributed by atoms with van der Waals surface area (Å²) in [6.07, 6.45) is 2.00. The van der Waals surface area contributed by atoms with Crippen LogP contribution in [-0.4, -0.2) is 52.5 Å². The molecule has 5 aromatic rings. The molecule has 0 aliphatic heterocycles. The summed E-state index contributed by atoms with van der Waals surface area (Å²) in [6, 6.07) is 27.1. The largest absolute Gasteiger partial charge is 0.494 e. The van der Waals surface area contributed by atoms with Gasteiger partial charge in [-0.05, 0) is 62.8 Å². The summed E-state index contributed by atoms with van der Waals surface area (Å²) >= 11 is 0. The van der Waals surface area contributed by atoms with Crippen molar-refractivity contribution in [1.29, 1.82) is 0 Å². The van der Waals surface area contributed by atoms with E-state index < -0.39 is 12.2 Å². The summed E-state index contributed by atoms with van der Waals surface area (Å²) in [6.45, 7) is 2.69. The van der Waals surface area contributed by atoms with Crippen molar-refractivity contribution in [2.24, 2.45) is 10.2 Å². The minimum Gasteiger partial charge on any atom is -0.494 e. The van der Waals surface area contributed by atoms with Crippen molar-refractivity contribution in [3.8, 4) is 17.3 Å². The molecule has 0 aliphatic carbocycles. The molecule has 2 heterocycles. The van der Waals surface area contributed by atoms with Crippen molar-refractivity contribution >= 4 is 11.4 Å². The molecule has 2 aromatic heterocycles. The van der Waals surface area contributed by atoms with Crippen LogP contribution >= 0.6 is 0 Å². The van der Waals surface area contributed by atoms with Gasteiger partial charge in [-0.15, -0.1) is 10.2 Å². The van der Waals surface area contributed by atoms with Gasteiger partial charge < -0.3 is 25.0 Å². The number of benzene rings is 3. The molecule has 0 spiro atoms. The van der Waals surface area contributed by atoms with E-state index >= 15 is 0 Å². The number of methoxy groups -OCH3 is 1. The quantitative estimate of drug-likeness (QED) is 0.120. The average Bonchev–Trinajstić information content (AvgIpc) is 3.10. The molecule has 0 amide bonds. The molecule has 242 valence electrons. The summed E-state index contributed by atoms with van der Waals surface area (Å²) in [5.41, 5.74) is 2.84. The number of aromatic hydroxyl groups is 1. The fourth-order valence-corrected chi connectivity index (χ4v) is 5.54. The second-order valence-electron chi connectivity index (χ2n) is 11.5. The number of rotatable bonds is 12. The van der Waals surface area contributed by atoms with Gasteiger partial charge in [0.2, 0.25) is 5.88 Å². The minimum atomic E-state index is -1.15. The molecule has 10 nitrogen and oxygen atoms in total. The van der Waals surface area contributed by atoms with Gasteiger partial charge in [0, 0.05) is 24.2 Å². The van der Waals surface area contributed by atoms with Crippen LogP contribution in [0.1, 0.15) is 46.4 Å². The van der Waals surface area contributed by atoms with Gasteiger partial charge in [0.15, 0.2) is 18.1 Å². The molecule has 10 heteroatoms. The lowest BCUT2D eigenvalue weighted by atomic mass is 9.93. The van der Waals surface area contributed by atoms with E-state index in [1.165, 1.54) is 11.7 Å². The van der Waals surface area contributed by atoms with E-state index in [0.717, 1.165) is 0 Å². The molecular formula is C37H40N5O5+. The molecule has 5 rings (SSSR count). The molecule has 0 saturated carbocycles. The van der Waals surface area contributed by atoms with Gasteiger partial charge in [0.05, 0.1) is 12.7 Å². The van der Waals surface area contributed by atoms with E-state index in [2.05, 4.69) is 10.2 Å². The predicted octanol–water partition coefficient (Wildman–Crippen LogP) is 5.68. The topological polar surface area (TPSA) is 124 Å². The number of nitrogens with zero attached hydrogens (tertiary/aromatic N) is 5. The first kappa shape index (κ1) is 33.2. The minimum absolute atomic E-state index is 0.108. The normalized spacial score (nSPS) is 12.8. The fraction of sp³-hybridized carbons (Fsp3) is 0.243. The van der Waals surface area contributed by atoms with Gasteiger partial charge in [0.25, 0.3) is 5.69 Å². The Labute approximate surface area is 274 Å². The highest BCUT2D eigenvalue weighted by Crippen LogP contribution is 2.43. The Bertz CT molecular complexity index is 1890. The van der Waals surface area contributed by atoms with Gasteiger partial charge in [-0.25, -0.2) is 0 Å². The lowest BCUT2D eigenvalue weighted by molar-refractivity contribution is -0.597. The second kappa shape index (κ2) is 15.0. The van der Waals surface area contributed by atoms with E-state index in [1.807, 2.05) is 85.7 Å². The van der Waals surface area contributed by atoms with Crippen LogP contribution in [-0.2, 0) is 6.54 Å². The Morgan fingerprint density at radius 3 is 2.00 bits per heavy atom. The summed E-state index contributed by atoms with van der Waals surface area (Å²) in [5, 5.41) is 43.5. The van der Waals surface area contributed by atoms with Gasteiger partial charge >= 0.3 is 5.56 Å². The zero-order valence-electron chi connectivity index (χ0n) is 27.0. The first-order valence-corrected chi connectivity index (χ1v) is 15.4. The molecule has 47 heavy (non-hydrogen) atoms. The number of pyridine rings is 2. The van der Waals surface area contributed by atoms with Crippen molar-refractivity contribution in [3.05, 3.63) is 142 Å². The Balaban J connectivity index is 1.69. The Morgan fingerprint density at radius 1 is 0.830 bits per heavy atom. The van der Waals surface area contributed by atoms with Crippen LogP contribution in [0, 0.1) is 6.92 Å². The molecule has 2 atom stereocenters. The predicted molar refractivity (Wildman–Crippen MR) is 180 cm³/mol. The zero-order valence-corrected chi connectivity index (χ0v) is 27.0. The summed E-state index contributed by atoms with van der Waals surface area (Å²) in [7, 11) is 5.37. The Morgan fingerprint density at radius 2 is 1.40 bits per heavy atom. The highest BCUT2D eigenvalue weighted by atomic mass is 16.5. The van der Waals surface area contributed by atoms with Crippen molar-refractivity contribution < 1.29 is 24.6 Å². The number of aromatic nitrogens is 2.